The summed E-state index contributed by atoms with van der Waals surface area (Å²) < 4.78 is 4.98. The zero-order valence-corrected chi connectivity index (χ0v) is 13.7. The van der Waals surface area contributed by atoms with Crippen LogP contribution in [0.2, 0.25) is 0 Å². The number of unbranched alkanes of at least 4 members (excludes halogenated alkanes) is 1. The van der Waals surface area contributed by atoms with E-state index in [-0.39, 0.29) is 5.97 Å². The molecule has 1 atom stereocenters. The average molecular weight is 292 g/mol. The number of nitrogens with one attached hydrogen (secondary N) is 1. The van der Waals surface area contributed by atoms with E-state index in [9.17, 15) is 4.79 Å². The fourth-order valence-corrected chi connectivity index (χ4v) is 2.48. The Balaban J connectivity index is 2.94. The predicted octanol–water partition coefficient (Wildman–Crippen LogP) is 2.83. The third-order valence-electron chi connectivity index (χ3n) is 3.61. The Kier molecular flexibility index (Phi) is 7.23. The van der Waals surface area contributed by atoms with Crippen LogP contribution in [0.15, 0.2) is 30.3 Å². The van der Waals surface area contributed by atoms with Crippen molar-refractivity contribution in [2.75, 3.05) is 31.6 Å². The lowest BCUT2D eigenvalue weighted by atomic mass is 10.0. The van der Waals surface area contributed by atoms with Gasteiger partial charge in [-0.15, -0.1) is 0 Å². The zero-order chi connectivity index (χ0) is 15.7. The van der Waals surface area contributed by atoms with Crippen molar-refractivity contribution in [2.45, 2.75) is 39.2 Å². The van der Waals surface area contributed by atoms with Crippen LogP contribution in [0.4, 0.5) is 5.69 Å². The highest BCUT2D eigenvalue weighted by Gasteiger charge is 2.35. The summed E-state index contributed by atoms with van der Waals surface area (Å²) in [5, 5.41) is 3.27. The number of anilines is 1. The lowest BCUT2D eigenvalue weighted by molar-refractivity contribution is -0.147. The van der Waals surface area contributed by atoms with E-state index in [4.69, 9.17) is 4.74 Å². The van der Waals surface area contributed by atoms with Crippen LogP contribution in [0.5, 0.6) is 0 Å². The van der Waals surface area contributed by atoms with E-state index < -0.39 is 5.54 Å². The molecule has 0 fully saturated rings. The second-order valence-electron chi connectivity index (χ2n) is 5.46. The minimum Gasteiger partial charge on any atom is -0.468 e. The molecule has 0 amide bonds. The van der Waals surface area contributed by atoms with Crippen LogP contribution in [-0.4, -0.2) is 38.3 Å². The number of hydrogen-bond donors (Lipinski definition) is 1. The van der Waals surface area contributed by atoms with Crippen LogP contribution in [0.3, 0.4) is 0 Å². The number of carbonyl (C=O) groups is 1. The van der Waals surface area contributed by atoms with Crippen LogP contribution in [0.25, 0.3) is 0 Å². The zero-order valence-electron chi connectivity index (χ0n) is 13.7. The molecule has 0 spiro atoms. The minimum absolute atomic E-state index is 0.221. The molecular formula is C17H28N2O2. The van der Waals surface area contributed by atoms with Gasteiger partial charge in [0.25, 0.3) is 0 Å². The molecule has 1 aromatic carbocycles. The molecule has 0 aliphatic heterocycles. The van der Waals surface area contributed by atoms with E-state index in [1.54, 1.807) is 0 Å². The first kappa shape index (κ1) is 17.5. The first-order valence-electron chi connectivity index (χ1n) is 7.70. The van der Waals surface area contributed by atoms with Crippen molar-refractivity contribution in [3.05, 3.63) is 30.3 Å². The van der Waals surface area contributed by atoms with Gasteiger partial charge >= 0.3 is 5.97 Å². The Hall–Kier alpha value is -1.55. The second kappa shape index (κ2) is 8.67. The molecule has 0 aromatic heterocycles. The maximum atomic E-state index is 12.2. The van der Waals surface area contributed by atoms with Crippen LogP contribution < -0.4 is 10.2 Å². The summed E-state index contributed by atoms with van der Waals surface area (Å²) >= 11 is 0. The Labute approximate surface area is 128 Å². The number of hydrogen-bond acceptors (Lipinski definition) is 4. The maximum absolute atomic E-state index is 12.2. The summed E-state index contributed by atoms with van der Waals surface area (Å²) in [6.07, 6.45) is 2.22. The molecule has 0 bridgehead atoms. The molecule has 1 N–H and O–H groups in total. The third kappa shape index (κ3) is 5.05. The van der Waals surface area contributed by atoms with Gasteiger partial charge in [0, 0.05) is 18.8 Å². The molecule has 0 saturated heterocycles. The van der Waals surface area contributed by atoms with Gasteiger partial charge in [0.15, 0.2) is 0 Å². The number of ether oxygens (including phenoxy) is 1. The molecule has 0 heterocycles. The molecule has 118 valence electrons. The molecule has 0 aliphatic rings. The number of rotatable bonds is 9. The number of carbonyl (C=O) groups excluding carboxylic acids is 1. The van der Waals surface area contributed by atoms with Crippen molar-refractivity contribution in [1.29, 1.82) is 0 Å². The van der Waals surface area contributed by atoms with Crippen molar-refractivity contribution in [2.24, 2.45) is 0 Å². The molecular weight excluding hydrogens is 264 g/mol. The summed E-state index contributed by atoms with van der Waals surface area (Å²) in [4.78, 5) is 14.4. The van der Waals surface area contributed by atoms with Gasteiger partial charge < -0.3 is 15.0 Å². The van der Waals surface area contributed by atoms with Gasteiger partial charge in [-0.25, -0.2) is 4.79 Å². The van der Waals surface area contributed by atoms with E-state index in [0.29, 0.717) is 6.54 Å². The van der Waals surface area contributed by atoms with E-state index >= 15 is 0 Å². The molecule has 0 aliphatic carbocycles. The number of nitrogens with zero attached hydrogens (tertiary/aromatic N) is 1. The molecule has 4 heteroatoms. The highest BCUT2D eigenvalue weighted by molar-refractivity contribution is 5.81. The normalized spacial score (nSPS) is 13.5. The molecule has 1 aromatic rings. The summed E-state index contributed by atoms with van der Waals surface area (Å²) in [6, 6.07) is 10.2. The van der Waals surface area contributed by atoms with Crippen LogP contribution >= 0.6 is 0 Å². The van der Waals surface area contributed by atoms with Crippen LogP contribution in [-0.2, 0) is 9.53 Å². The number of benzene rings is 1. The van der Waals surface area contributed by atoms with E-state index in [1.807, 2.05) is 32.0 Å². The van der Waals surface area contributed by atoms with Gasteiger partial charge in [-0.1, -0.05) is 38.5 Å². The van der Waals surface area contributed by atoms with Crippen molar-refractivity contribution < 1.29 is 9.53 Å². The number of para-hydroxylation sites is 1. The highest BCUT2D eigenvalue weighted by Crippen LogP contribution is 2.19. The van der Waals surface area contributed by atoms with Crippen LogP contribution in [0.1, 0.15) is 33.6 Å². The van der Waals surface area contributed by atoms with E-state index in [0.717, 1.165) is 31.6 Å². The van der Waals surface area contributed by atoms with E-state index in [1.165, 1.54) is 7.11 Å². The van der Waals surface area contributed by atoms with Gasteiger partial charge in [-0.05, 0) is 32.0 Å². The molecule has 0 saturated carbocycles. The minimum atomic E-state index is -0.701. The van der Waals surface area contributed by atoms with Gasteiger partial charge in [-0.3, -0.25) is 0 Å². The number of likely N-dealkylation sites (N-methyl/N-ethyl adjacent to an activating group) is 1. The smallest absolute Gasteiger partial charge is 0.327 e. The Morgan fingerprint density at radius 2 is 1.95 bits per heavy atom. The maximum Gasteiger partial charge on any atom is 0.327 e. The number of methoxy groups -OCH3 is 1. The summed E-state index contributed by atoms with van der Waals surface area (Å²) in [5.74, 6) is -0.221. The van der Waals surface area contributed by atoms with Gasteiger partial charge in [-0.2, -0.15) is 0 Å². The molecule has 21 heavy (non-hydrogen) atoms. The van der Waals surface area contributed by atoms with Crippen LogP contribution in [0, 0.1) is 0 Å². The standard InChI is InChI=1S/C17H28N2O2/c1-5-7-13-19(15-11-9-8-10-12-15)14-17(3,18-6-2)16(20)21-4/h8-12,18H,5-7,13-14H2,1-4H3. The SMILES string of the molecule is CCCCN(CC(C)(NCC)C(=O)OC)c1ccccc1. The Morgan fingerprint density at radius 1 is 1.29 bits per heavy atom. The summed E-state index contributed by atoms with van der Waals surface area (Å²) in [7, 11) is 1.44. The third-order valence-corrected chi connectivity index (χ3v) is 3.61. The lowest BCUT2D eigenvalue weighted by Gasteiger charge is -2.35. The van der Waals surface area contributed by atoms with Gasteiger partial charge in [0.05, 0.1) is 7.11 Å². The Morgan fingerprint density at radius 3 is 2.48 bits per heavy atom. The van der Waals surface area contributed by atoms with Crippen molar-refractivity contribution >= 4 is 11.7 Å². The average Bonchev–Trinajstić information content (AvgIpc) is 2.51. The monoisotopic (exact) mass is 292 g/mol. The lowest BCUT2D eigenvalue weighted by Crippen LogP contribution is -2.57. The predicted molar refractivity (Wildman–Crippen MR) is 87.7 cm³/mol. The van der Waals surface area contributed by atoms with Crippen molar-refractivity contribution in [3.8, 4) is 0 Å². The fraction of sp³-hybridized carbons (Fsp3) is 0.588. The quantitative estimate of drug-likeness (QED) is 0.711. The van der Waals surface area contributed by atoms with Crippen molar-refractivity contribution in [3.63, 3.8) is 0 Å². The van der Waals surface area contributed by atoms with E-state index in [2.05, 4.69) is 29.3 Å². The fourth-order valence-electron chi connectivity index (χ4n) is 2.48. The largest absolute Gasteiger partial charge is 0.468 e. The Bertz CT molecular complexity index is 422. The van der Waals surface area contributed by atoms with Gasteiger partial charge in [0.1, 0.15) is 5.54 Å². The molecule has 0 radical (unpaired) electrons. The first-order chi connectivity index (χ1) is 10.1. The summed E-state index contributed by atoms with van der Waals surface area (Å²) in [6.45, 7) is 8.33. The van der Waals surface area contributed by atoms with Crippen molar-refractivity contribution in [1.82, 2.24) is 5.32 Å². The molecule has 1 unspecified atom stereocenters. The summed E-state index contributed by atoms with van der Waals surface area (Å²) in [5.41, 5.74) is 0.437. The second-order valence-corrected chi connectivity index (χ2v) is 5.46. The molecule has 1 rings (SSSR count). The topological polar surface area (TPSA) is 41.6 Å². The van der Waals surface area contributed by atoms with Gasteiger partial charge in [0.2, 0.25) is 0 Å². The highest BCUT2D eigenvalue weighted by atomic mass is 16.5. The molecule has 4 nitrogen and oxygen atoms in total. The first-order valence-corrected chi connectivity index (χ1v) is 7.70. The number of esters is 1.